The minimum Gasteiger partial charge on any atom is -0.497 e. The molecule has 2 heterocycles. The number of nitrogens with zero attached hydrogens (tertiary/aromatic N) is 5. The second-order valence-electron chi connectivity index (χ2n) is 7.35. The van der Waals surface area contributed by atoms with Crippen molar-refractivity contribution in [3.05, 3.63) is 53.8 Å². The lowest BCUT2D eigenvalue weighted by Gasteiger charge is -2.35. The number of ether oxygens (including phenoxy) is 1. The number of alkyl halides is 3. The largest absolute Gasteiger partial charge is 0.497 e. The molecule has 32 heavy (non-hydrogen) atoms. The summed E-state index contributed by atoms with van der Waals surface area (Å²) < 4.78 is 59.5. The van der Waals surface area contributed by atoms with Crippen LogP contribution in [-0.2, 0) is 13.2 Å². The second-order valence-corrected chi connectivity index (χ2v) is 7.35. The smallest absolute Gasteiger partial charge is 0.416 e. The average molecular weight is 450 g/mol. The van der Waals surface area contributed by atoms with Crippen LogP contribution in [0.2, 0.25) is 0 Å². The number of aryl methyl sites for hydroxylation is 1. The minimum absolute atomic E-state index is 0.149. The first-order chi connectivity index (χ1) is 15.2. The van der Waals surface area contributed by atoms with E-state index in [4.69, 9.17) is 4.74 Å². The molecule has 0 saturated carbocycles. The molecule has 1 saturated heterocycles. The molecule has 1 aromatic heterocycles. The van der Waals surface area contributed by atoms with Crippen molar-refractivity contribution in [2.24, 2.45) is 7.05 Å². The van der Waals surface area contributed by atoms with Crippen molar-refractivity contribution in [2.75, 3.05) is 48.4 Å². The maximum absolute atomic E-state index is 14.1. The molecule has 0 amide bonds. The van der Waals surface area contributed by atoms with Gasteiger partial charge in [-0.1, -0.05) is 0 Å². The molecular formula is C21H22F4N6O. The molecule has 2 aromatic carbocycles. The Bertz CT molecular complexity index is 1070. The van der Waals surface area contributed by atoms with E-state index >= 15 is 0 Å². The number of anilines is 4. The van der Waals surface area contributed by atoms with Crippen molar-refractivity contribution in [3.8, 4) is 5.75 Å². The van der Waals surface area contributed by atoms with Crippen LogP contribution in [0, 0.1) is 5.82 Å². The van der Waals surface area contributed by atoms with Crippen LogP contribution in [-0.4, -0.2) is 48.1 Å². The number of hydrogen-bond acceptors (Lipinski definition) is 6. The summed E-state index contributed by atoms with van der Waals surface area (Å²) in [5, 5.41) is 6.96. The number of rotatable bonds is 5. The van der Waals surface area contributed by atoms with E-state index in [2.05, 4.69) is 20.3 Å². The van der Waals surface area contributed by atoms with Gasteiger partial charge in [0.15, 0.2) is 0 Å². The number of methoxy groups -OCH3 is 1. The van der Waals surface area contributed by atoms with Gasteiger partial charge in [0.05, 0.1) is 18.4 Å². The summed E-state index contributed by atoms with van der Waals surface area (Å²) in [6, 6.07) is 10.0. The molecule has 1 aliphatic rings. The first-order valence-corrected chi connectivity index (χ1v) is 9.93. The van der Waals surface area contributed by atoms with E-state index in [1.54, 1.807) is 14.2 Å². The highest BCUT2D eigenvalue weighted by Gasteiger charge is 2.31. The van der Waals surface area contributed by atoms with Crippen LogP contribution in [0.15, 0.2) is 42.5 Å². The zero-order valence-corrected chi connectivity index (χ0v) is 17.5. The summed E-state index contributed by atoms with van der Waals surface area (Å²) in [6.07, 6.45) is -4.57. The maximum Gasteiger partial charge on any atom is 0.416 e. The molecule has 0 unspecified atom stereocenters. The maximum atomic E-state index is 14.1. The van der Waals surface area contributed by atoms with Gasteiger partial charge in [0.25, 0.3) is 0 Å². The molecule has 0 atom stereocenters. The van der Waals surface area contributed by atoms with E-state index in [1.165, 1.54) is 4.68 Å². The number of hydrogen-bond donors (Lipinski definition) is 1. The van der Waals surface area contributed by atoms with Gasteiger partial charge >= 0.3 is 6.18 Å². The molecule has 1 N–H and O–H groups in total. The van der Waals surface area contributed by atoms with Crippen molar-refractivity contribution in [2.45, 2.75) is 6.18 Å². The van der Waals surface area contributed by atoms with E-state index in [0.717, 1.165) is 36.7 Å². The standard InChI is InChI=1S/C21H22F4N6O/c1-29-19(26-18-13-14(21(23,24)25)3-8-17(18)22)27-20(28-29)31-11-9-30(10-12-31)15-4-6-16(32-2)7-5-15/h3-8,13H,9-12H2,1-2H3,(H,26,27,28). The molecule has 0 bridgehead atoms. The van der Waals surface area contributed by atoms with Gasteiger partial charge < -0.3 is 19.9 Å². The molecular weight excluding hydrogens is 428 g/mol. The quantitative estimate of drug-likeness (QED) is 0.592. The zero-order chi connectivity index (χ0) is 22.9. The van der Waals surface area contributed by atoms with E-state index in [9.17, 15) is 17.6 Å². The Morgan fingerprint density at radius 1 is 0.969 bits per heavy atom. The fourth-order valence-corrected chi connectivity index (χ4v) is 3.49. The number of halogens is 4. The minimum atomic E-state index is -4.57. The molecule has 0 radical (unpaired) electrons. The summed E-state index contributed by atoms with van der Waals surface area (Å²) in [5.74, 6) is 0.561. The zero-order valence-electron chi connectivity index (χ0n) is 17.5. The molecule has 0 aliphatic carbocycles. The summed E-state index contributed by atoms with van der Waals surface area (Å²) in [6.45, 7) is 2.81. The average Bonchev–Trinajstić information content (AvgIpc) is 3.15. The topological polar surface area (TPSA) is 58.5 Å². The molecule has 1 fully saturated rings. The van der Waals surface area contributed by atoms with E-state index in [-0.39, 0.29) is 11.6 Å². The van der Waals surface area contributed by atoms with Crippen LogP contribution in [0.3, 0.4) is 0 Å². The van der Waals surface area contributed by atoms with Crippen molar-refractivity contribution < 1.29 is 22.3 Å². The van der Waals surface area contributed by atoms with Crippen molar-refractivity contribution in [3.63, 3.8) is 0 Å². The summed E-state index contributed by atoms with van der Waals surface area (Å²) in [4.78, 5) is 8.58. The van der Waals surface area contributed by atoms with Gasteiger partial charge in [0.2, 0.25) is 11.9 Å². The van der Waals surface area contributed by atoms with Gasteiger partial charge in [0.1, 0.15) is 11.6 Å². The number of nitrogens with one attached hydrogen (secondary N) is 1. The number of piperazine rings is 1. The van der Waals surface area contributed by atoms with Crippen LogP contribution in [0.4, 0.5) is 40.8 Å². The van der Waals surface area contributed by atoms with Crippen molar-refractivity contribution in [1.82, 2.24) is 14.8 Å². The molecule has 0 spiro atoms. The molecule has 1 aliphatic heterocycles. The Kier molecular flexibility index (Phi) is 5.81. The van der Waals surface area contributed by atoms with Crippen LogP contribution in [0.1, 0.15) is 5.56 Å². The van der Waals surface area contributed by atoms with Gasteiger partial charge in [-0.3, -0.25) is 0 Å². The van der Waals surface area contributed by atoms with Gasteiger partial charge in [-0.25, -0.2) is 9.07 Å². The fourth-order valence-electron chi connectivity index (χ4n) is 3.49. The van der Waals surface area contributed by atoms with E-state index in [1.807, 2.05) is 29.2 Å². The Labute approximate surface area is 182 Å². The van der Waals surface area contributed by atoms with Gasteiger partial charge in [0, 0.05) is 38.9 Å². The number of aromatic nitrogens is 3. The third-order valence-corrected chi connectivity index (χ3v) is 5.29. The molecule has 7 nitrogen and oxygen atoms in total. The van der Waals surface area contributed by atoms with Crippen LogP contribution < -0.4 is 19.9 Å². The SMILES string of the molecule is COc1ccc(N2CCN(c3nc(Nc4cc(C(F)(F)F)ccc4F)n(C)n3)CC2)cc1. The normalized spacial score (nSPS) is 14.6. The molecule has 11 heteroatoms. The highest BCUT2D eigenvalue weighted by molar-refractivity contribution is 5.57. The first-order valence-electron chi connectivity index (χ1n) is 9.93. The van der Waals surface area contributed by atoms with Crippen LogP contribution in [0.5, 0.6) is 5.75 Å². The Morgan fingerprint density at radius 2 is 1.62 bits per heavy atom. The lowest BCUT2D eigenvalue weighted by Crippen LogP contribution is -2.47. The van der Waals surface area contributed by atoms with Crippen molar-refractivity contribution >= 4 is 23.3 Å². The monoisotopic (exact) mass is 450 g/mol. The van der Waals surface area contributed by atoms with Gasteiger partial charge in [-0.2, -0.15) is 18.2 Å². The van der Waals surface area contributed by atoms with Gasteiger partial charge in [-0.05, 0) is 42.5 Å². The summed E-state index contributed by atoms with van der Waals surface area (Å²) in [5.41, 5.74) is -0.175. The molecule has 4 rings (SSSR count). The Morgan fingerprint density at radius 3 is 2.25 bits per heavy atom. The summed E-state index contributed by atoms with van der Waals surface area (Å²) in [7, 11) is 3.22. The Hall–Kier alpha value is -3.50. The highest BCUT2D eigenvalue weighted by atomic mass is 19.4. The molecule has 3 aromatic rings. The van der Waals surface area contributed by atoms with Crippen LogP contribution in [0.25, 0.3) is 0 Å². The summed E-state index contributed by atoms with van der Waals surface area (Å²) >= 11 is 0. The molecule has 170 valence electrons. The van der Waals surface area contributed by atoms with E-state index in [0.29, 0.717) is 25.1 Å². The van der Waals surface area contributed by atoms with Gasteiger partial charge in [-0.15, -0.1) is 5.10 Å². The van der Waals surface area contributed by atoms with Crippen molar-refractivity contribution in [1.29, 1.82) is 0 Å². The fraction of sp³-hybridized carbons (Fsp3) is 0.333. The lowest BCUT2D eigenvalue weighted by molar-refractivity contribution is -0.137. The second kappa shape index (κ2) is 8.56. The van der Waals surface area contributed by atoms with Crippen LogP contribution >= 0.6 is 0 Å². The lowest BCUT2D eigenvalue weighted by atomic mass is 10.2. The Balaban J connectivity index is 1.44. The third-order valence-electron chi connectivity index (χ3n) is 5.29. The predicted molar refractivity (Wildman–Crippen MR) is 113 cm³/mol. The number of benzene rings is 2. The highest BCUT2D eigenvalue weighted by Crippen LogP contribution is 2.32. The third kappa shape index (κ3) is 4.56. The predicted octanol–water partition coefficient (Wildman–Crippen LogP) is 4.05. The van der Waals surface area contributed by atoms with E-state index < -0.39 is 17.6 Å². The first kappa shape index (κ1) is 21.7.